The minimum Gasteiger partial charge on any atom is -0.497 e. The SMILES string of the molecule is COc1ccc(Nc2cc3c(c(C(F)(F)F)c2)C(=O)N2CCNC[C@@H]32)c(OC)c1. The molecule has 1 saturated heterocycles. The van der Waals surface area contributed by atoms with Gasteiger partial charge in [-0.3, -0.25) is 4.79 Å². The van der Waals surface area contributed by atoms with Crippen molar-refractivity contribution in [3.8, 4) is 11.5 Å². The van der Waals surface area contributed by atoms with Gasteiger partial charge in [0.15, 0.2) is 0 Å². The molecule has 154 valence electrons. The Bertz CT molecular complexity index is 962. The number of nitrogens with zero attached hydrogens (tertiary/aromatic N) is 1. The Morgan fingerprint density at radius 1 is 1.17 bits per heavy atom. The van der Waals surface area contributed by atoms with Crippen molar-refractivity contribution in [2.75, 3.05) is 39.2 Å². The summed E-state index contributed by atoms with van der Waals surface area (Å²) in [6.07, 6.45) is -4.65. The number of carbonyl (C=O) groups excluding carboxylic acids is 1. The topological polar surface area (TPSA) is 62.8 Å². The minimum atomic E-state index is -4.65. The van der Waals surface area contributed by atoms with Gasteiger partial charge in [0.1, 0.15) is 11.5 Å². The summed E-state index contributed by atoms with van der Waals surface area (Å²) >= 11 is 0. The van der Waals surface area contributed by atoms with Gasteiger partial charge in [0.05, 0.1) is 37.1 Å². The lowest BCUT2D eigenvalue weighted by Crippen LogP contribution is -2.44. The number of hydrogen-bond acceptors (Lipinski definition) is 5. The molecule has 0 radical (unpaired) electrons. The van der Waals surface area contributed by atoms with Crippen LogP contribution in [0.2, 0.25) is 0 Å². The largest absolute Gasteiger partial charge is 0.497 e. The average Bonchev–Trinajstić information content (AvgIpc) is 2.99. The Hall–Kier alpha value is -2.94. The maximum absolute atomic E-state index is 13.8. The van der Waals surface area contributed by atoms with Crippen molar-refractivity contribution in [2.45, 2.75) is 12.2 Å². The highest BCUT2D eigenvalue weighted by molar-refractivity contribution is 6.01. The average molecular weight is 407 g/mol. The van der Waals surface area contributed by atoms with Crippen LogP contribution in [0.15, 0.2) is 30.3 Å². The third-order valence-electron chi connectivity index (χ3n) is 5.24. The summed E-state index contributed by atoms with van der Waals surface area (Å²) in [5.74, 6) is 0.426. The standard InChI is InChI=1S/C20H20F3N3O3/c1-28-12-3-4-15(17(9-12)29-2)25-11-7-13-16-10-24-5-6-26(16)19(27)18(13)14(8-11)20(21,22)23/h3-4,7-9,16,24-25H,5-6,10H2,1-2H3/t16-/m0/s1. The number of alkyl halides is 3. The Labute approximate surface area is 165 Å². The smallest absolute Gasteiger partial charge is 0.417 e. The first-order valence-electron chi connectivity index (χ1n) is 9.09. The highest BCUT2D eigenvalue weighted by Crippen LogP contribution is 2.44. The van der Waals surface area contributed by atoms with Crippen LogP contribution >= 0.6 is 0 Å². The Kier molecular flexibility index (Phi) is 4.77. The molecule has 2 N–H and O–H groups in total. The number of halogens is 3. The summed E-state index contributed by atoms with van der Waals surface area (Å²) in [6, 6.07) is 7.16. The number of fused-ring (bicyclic) bond motifs is 3. The van der Waals surface area contributed by atoms with Gasteiger partial charge in [-0.15, -0.1) is 0 Å². The van der Waals surface area contributed by atoms with Crippen LogP contribution in [0.3, 0.4) is 0 Å². The summed E-state index contributed by atoms with van der Waals surface area (Å²) in [5.41, 5.74) is -0.0704. The van der Waals surface area contributed by atoms with Crippen LogP contribution in [0, 0.1) is 0 Å². The first-order valence-corrected chi connectivity index (χ1v) is 9.09. The van der Waals surface area contributed by atoms with E-state index >= 15 is 0 Å². The normalized spacial score (nSPS) is 18.3. The zero-order valence-corrected chi connectivity index (χ0v) is 15.9. The molecule has 9 heteroatoms. The van der Waals surface area contributed by atoms with E-state index in [2.05, 4.69) is 10.6 Å². The van der Waals surface area contributed by atoms with Crippen molar-refractivity contribution in [1.29, 1.82) is 0 Å². The molecule has 1 amide bonds. The molecule has 6 nitrogen and oxygen atoms in total. The van der Waals surface area contributed by atoms with Crippen LogP contribution in [0.5, 0.6) is 11.5 Å². The van der Waals surface area contributed by atoms with Crippen molar-refractivity contribution in [2.24, 2.45) is 0 Å². The van der Waals surface area contributed by atoms with E-state index in [9.17, 15) is 18.0 Å². The number of methoxy groups -OCH3 is 2. The van der Waals surface area contributed by atoms with E-state index in [1.807, 2.05) is 0 Å². The van der Waals surface area contributed by atoms with Crippen molar-refractivity contribution in [3.05, 3.63) is 47.0 Å². The second kappa shape index (κ2) is 7.14. The van der Waals surface area contributed by atoms with Crippen molar-refractivity contribution >= 4 is 17.3 Å². The van der Waals surface area contributed by atoms with Gasteiger partial charge >= 0.3 is 6.18 Å². The number of anilines is 2. The number of piperazine rings is 1. The lowest BCUT2D eigenvalue weighted by Gasteiger charge is -2.30. The molecule has 2 aromatic rings. The zero-order chi connectivity index (χ0) is 20.8. The van der Waals surface area contributed by atoms with Crippen LogP contribution in [0.1, 0.15) is 27.5 Å². The molecule has 0 aromatic heterocycles. The van der Waals surface area contributed by atoms with Crippen molar-refractivity contribution in [3.63, 3.8) is 0 Å². The number of ether oxygens (including phenoxy) is 2. The van der Waals surface area contributed by atoms with Gasteiger partial charge in [-0.1, -0.05) is 0 Å². The lowest BCUT2D eigenvalue weighted by atomic mass is 9.97. The maximum Gasteiger partial charge on any atom is 0.417 e. The van der Waals surface area contributed by atoms with Crippen LogP contribution in [0.25, 0.3) is 0 Å². The molecule has 2 heterocycles. The van der Waals surface area contributed by atoms with Gasteiger partial charge in [-0.25, -0.2) is 0 Å². The van der Waals surface area contributed by atoms with Crippen LogP contribution < -0.4 is 20.1 Å². The van der Waals surface area contributed by atoms with E-state index < -0.39 is 23.7 Å². The van der Waals surface area contributed by atoms with E-state index in [0.717, 1.165) is 6.07 Å². The molecule has 1 atom stereocenters. The molecular formula is C20H20F3N3O3. The number of nitrogens with one attached hydrogen (secondary N) is 2. The second-order valence-electron chi connectivity index (χ2n) is 6.90. The van der Waals surface area contributed by atoms with Gasteiger partial charge in [0.25, 0.3) is 5.91 Å². The monoisotopic (exact) mass is 407 g/mol. The Morgan fingerprint density at radius 3 is 2.66 bits per heavy atom. The quantitative estimate of drug-likeness (QED) is 0.812. The van der Waals surface area contributed by atoms with Gasteiger partial charge in [-0.2, -0.15) is 13.2 Å². The number of benzene rings is 2. The van der Waals surface area contributed by atoms with E-state index in [1.54, 1.807) is 24.3 Å². The predicted octanol–water partition coefficient (Wildman–Crippen LogP) is 3.57. The van der Waals surface area contributed by atoms with Crippen molar-refractivity contribution in [1.82, 2.24) is 10.2 Å². The molecular weight excluding hydrogens is 387 g/mol. The Morgan fingerprint density at radius 2 is 1.97 bits per heavy atom. The summed E-state index contributed by atoms with van der Waals surface area (Å²) in [4.78, 5) is 14.2. The molecule has 1 fully saturated rings. The van der Waals surface area contributed by atoms with Crippen molar-refractivity contribution < 1.29 is 27.4 Å². The highest BCUT2D eigenvalue weighted by atomic mass is 19.4. The molecule has 2 aliphatic heterocycles. The summed E-state index contributed by atoms with van der Waals surface area (Å²) in [6.45, 7) is 1.36. The van der Waals surface area contributed by atoms with E-state index in [-0.39, 0.29) is 11.3 Å². The lowest BCUT2D eigenvalue weighted by molar-refractivity contribution is -0.137. The number of amides is 1. The Balaban J connectivity index is 1.80. The minimum absolute atomic E-state index is 0.236. The first-order chi connectivity index (χ1) is 13.8. The number of carbonyl (C=O) groups is 1. The molecule has 2 aromatic carbocycles. The third kappa shape index (κ3) is 3.35. The van der Waals surface area contributed by atoms with Gasteiger partial charge < -0.3 is 25.0 Å². The van der Waals surface area contributed by atoms with E-state index in [1.165, 1.54) is 19.1 Å². The van der Waals surface area contributed by atoms with Crippen LogP contribution in [-0.4, -0.2) is 44.7 Å². The fourth-order valence-electron chi connectivity index (χ4n) is 3.89. The van der Waals surface area contributed by atoms with Crippen LogP contribution in [-0.2, 0) is 6.18 Å². The molecule has 29 heavy (non-hydrogen) atoms. The second-order valence-corrected chi connectivity index (χ2v) is 6.90. The molecule has 0 spiro atoms. The summed E-state index contributed by atoms with van der Waals surface area (Å²) < 4.78 is 51.9. The fraction of sp³-hybridized carbons (Fsp3) is 0.350. The molecule has 0 bridgehead atoms. The zero-order valence-electron chi connectivity index (χ0n) is 15.9. The van der Waals surface area contributed by atoms with Crippen LogP contribution in [0.4, 0.5) is 24.5 Å². The van der Waals surface area contributed by atoms with Gasteiger partial charge in [0, 0.05) is 31.4 Å². The van der Waals surface area contributed by atoms with Gasteiger partial charge in [-0.05, 0) is 29.8 Å². The first kappa shape index (κ1) is 19.4. The third-order valence-corrected chi connectivity index (χ3v) is 5.24. The van der Waals surface area contributed by atoms with E-state index in [0.29, 0.717) is 42.4 Å². The molecule has 0 unspecified atom stereocenters. The van der Waals surface area contributed by atoms with Gasteiger partial charge in [0.2, 0.25) is 0 Å². The summed E-state index contributed by atoms with van der Waals surface area (Å²) in [7, 11) is 2.98. The highest BCUT2D eigenvalue weighted by Gasteiger charge is 2.45. The number of rotatable bonds is 4. The number of hydrogen-bond donors (Lipinski definition) is 2. The predicted molar refractivity (Wildman–Crippen MR) is 101 cm³/mol. The molecule has 2 aliphatic rings. The fourth-order valence-corrected chi connectivity index (χ4v) is 3.89. The van der Waals surface area contributed by atoms with E-state index in [4.69, 9.17) is 9.47 Å². The molecule has 0 saturated carbocycles. The molecule has 0 aliphatic carbocycles. The summed E-state index contributed by atoms with van der Waals surface area (Å²) in [5, 5.41) is 6.14. The molecule has 4 rings (SSSR count). The maximum atomic E-state index is 13.8.